The highest BCUT2D eigenvalue weighted by molar-refractivity contribution is 6.34. The topological polar surface area (TPSA) is 66.4 Å². The molecule has 4 nitrogen and oxygen atoms in total. The van der Waals surface area contributed by atoms with E-state index < -0.39 is 17.9 Å². The summed E-state index contributed by atoms with van der Waals surface area (Å²) in [4.78, 5) is 23.2. The maximum atomic E-state index is 12.1. The van der Waals surface area contributed by atoms with Crippen LogP contribution in [0.3, 0.4) is 0 Å². The molecule has 0 bridgehead atoms. The summed E-state index contributed by atoms with van der Waals surface area (Å²) in [5, 5.41) is 11.9. The van der Waals surface area contributed by atoms with E-state index in [-0.39, 0.29) is 0 Å². The molecule has 0 radical (unpaired) electrons. The van der Waals surface area contributed by atoms with E-state index in [1.807, 2.05) is 13.8 Å². The lowest BCUT2D eigenvalue weighted by molar-refractivity contribution is -0.139. The van der Waals surface area contributed by atoms with E-state index >= 15 is 0 Å². The molecule has 20 heavy (non-hydrogen) atoms. The first kappa shape index (κ1) is 16.2. The number of hydrogen-bond acceptors (Lipinski definition) is 2. The Kier molecular flexibility index (Phi) is 5.77. The van der Waals surface area contributed by atoms with Gasteiger partial charge in [-0.15, -0.1) is 6.58 Å². The van der Waals surface area contributed by atoms with Crippen molar-refractivity contribution in [2.75, 3.05) is 0 Å². The van der Waals surface area contributed by atoms with Crippen LogP contribution in [0.2, 0.25) is 5.02 Å². The largest absolute Gasteiger partial charge is 0.480 e. The molecule has 0 fully saturated rings. The molecule has 2 N–H and O–H groups in total. The van der Waals surface area contributed by atoms with Crippen LogP contribution < -0.4 is 5.32 Å². The number of aliphatic carboxylic acids is 1. The number of allylic oxidation sites excluding steroid dienone is 1. The van der Waals surface area contributed by atoms with Gasteiger partial charge in [0.1, 0.15) is 6.04 Å². The van der Waals surface area contributed by atoms with E-state index in [1.165, 1.54) is 0 Å². The van der Waals surface area contributed by atoms with Crippen molar-refractivity contribution in [1.29, 1.82) is 0 Å². The second-order valence-corrected chi connectivity index (χ2v) is 5.05. The Hall–Kier alpha value is -1.81. The molecular formula is C15H18ClNO3. The van der Waals surface area contributed by atoms with Crippen molar-refractivity contribution >= 4 is 23.5 Å². The molecule has 0 saturated heterocycles. The third kappa shape index (κ3) is 4.10. The van der Waals surface area contributed by atoms with Gasteiger partial charge in [-0.3, -0.25) is 4.79 Å². The Morgan fingerprint density at radius 3 is 2.55 bits per heavy atom. The smallest absolute Gasteiger partial charge is 0.326 e. The normalized spacial score (nSPS) is 11.8. The van der Waals surface area contributed by atoms with Gasteiger partial charge in [0.15, 0.2) is 0 Å². The first-order valence-electron chi connectivity index (χ1n) is 6.28. The van der Waals surface area contributed by atoms with Gasteiger partial charge in [0.25, 0.3) is 5.91 Å². The van der Waals surface area contributed by atoms with Crippen LogP contribution in [0, 0.1) is 13.8 Å². The second-order valence-electron chi connectivity index (χ2n) is 4.65. The van der Waals surface area contributed by atoms with Crippen molar-refractivity contribution in [1.82, 2.24) is 5.32 Å². The standard InChI is InChI=1S/C15H18ClNO3/c1-4-5-6-13(15(19)20)17-14(18)11-7-9(2)10(3)8-12(11)16/h4,7-8,13H,1,5-6H2,2-3H3,(H,17,18)(H,19,20). The van der Waals surface area contributed by atoms with E-state index in [4.69, 9.17) is 16.7 Å². The van der Waals surface area contributed by atoms with Gasteiger partial charge in [-0.2, -0.15) is 0 Å². The number of halogens is 1. The maximum Gasteiger partial charge on any atom is 0.326 e. The molecule has 0 spiro atoms. The van der Waals surface area contributed by atoms with Crippen molar-refractivity contribution in [3.05, 3.63) is 46.5 Å². The van der Waals surface area contributed by atoms with E-state index in [0.717, 1.165) is 11.1 Å². The number of aryl methyl sites for hydroxylation is 2. The van der Waals surface area contributed by atoms with Gasteiger partial charge in [-0.05, 0) is 49.9 Å². The van der Waals surface area contributed by atoms with Crippen LogP contribution in [0.15, 0.2) is 24.8 Å². The average molecular weight is 296 g/mol. The molecule has 1 aromatic carbocycles. The highest BCUT2D eigenvalue weighted by atomic mass is 35.5. The van der Waals surface area contributed by atoms with Crippen LogP contribution in [0.5, 0.6) is 0 Å². The molecule has 1 amide bonds. The Bertz CT molecular complexity index is 540. The van der Waals surface area contributed by atoms with Gasteiger partial charge in [0.2, 0.25) is 0 Å². The number of hydrogen-bond donors (Lipinski definition) is 2. The first-order valence-corrected chi connectivity index (χ1v) is 6.66. The highest BCUT2D eigenvalue weighted by Crippen LogP contribution is 2.21. The van der Waals surface area contributed by atoms with Crippen molar-refractivity contribution in [3.8, 4) is 0 Å². The van der Waals surface area contributed by atoms with E-state index in [1.54, 1.807) is 18.2 Å². The lowest BCUT2D eigenvalue weighted by Crippen LogP contribution is -2.40. The van der Waals surface area contributed by atoms with E-state index in [0.29, 0.717) is 23.4 Å². The van der Waals surface area contributed by atoms with Gasteiger partial charge in [0.05, 0.1) is 10.6 Å². The zero-order valence-electron chi connectivity index (χ0n) is 11.6. The quantitative estimate of drug-likeness (QED) is 0.793. The minimum Gasteiger partial charge on any atom is -0.480 e. The molecular weight excluding hydrogens is 278 g/mol. The molecule has 0 aliphatic heterocycles. The first-order chi connectivity index (χ1) is 9.36. The molecule has 5 heteroatoms. The fraction of sp³-hybridized carbons (Fsp3) is 0.333. The summed E-state index contributed by atoms with van der Waals surface area (Å²) in [6, 6.07) is 2.42. The number of rotatable bonds is 6. The molecule has 108 valence electrons. The van der Waals surface area contributed by atoms with Crippen molar-refractivity contribution in [3.63, 3.8) is 0 Å². The Morgan fingerprint density at radius 1 is 1.40 bits per heavy atom. The zero-order chi connectivity index (χ0) is 15.3. The Morgan fingerprint density at radius 2 is 2.00 bits per heavy atom. The number of amides is 1. The number of carboxylic acids is 1. The number of carbonyl (C=O) groups excluding carboxylic acids is 1. The number of carboxylic acid groups (broad SMARTS) is 1. The third-order valence-electron chi connectivity index (χ3n) is 3.09. The molecule has 0 aliphatic rings. The van der Waals surface area contributed by atoms with Crippen LogP contribution in [-0.4, -0.2) is 23.0 Å². The Balaban J connectivity index is 2.91. The molecule has 0 heterocycles. The molecule has 1 atom stereocenters. The van der Waals surface area contributed by atoms with E-state index in [9.17, 15) is 9.59 Å². The van der Waals surface area contributed by atoms with Gasteiger partial charge in [-0.1, -0.05) is 17.7 Å². The Labute approximate surface area is 123 Å². The summed E-state index contributed by atoms with van der Waals surface area (Å²) in [6.07, 6.45) is 2.43. The minimum absolute atomic E-state index is 0.291. The van der Waals surface area contributed by atoms with Crippen LogP contribution in [0.1, 0.15) is 34.3 Å². The summed E-state index contributed by atoms with van der Waals surface area (Å²) in [7, 11) is 0. The van der Waals surface area contributed by atoms with Crippen LogP contribution >= 0.6 is 11.6 Å². The predicted octanol–water partition coefficient (Wildman–Crippen LogP) is 3.11. The third-order valence-corrected chi connectivity index (χ3v) is 3.40. The summed E-state index contributed by atoms with van der Waals surface area (Å²) in [6.45, 7) is 7.30. The molecule has 0 aliphatic carbocycles. The number of benzene rings is 1. The van der Waals surface area contributed by atoms with Crippen LogP contribution in [-0.2, 0) is 4.79 Å². The molecule has 0 saturated carbocycles. The van der Waals surface area contributed by atoms with E-state index in [2.05, 4.69) is 11.9 Å². The lowest BCUT2D eigenvalue weighted by Gasteiger charge is -2.15. The zero-order valence-corrected chi connectivity index (χ0v) is 12.3. The molecule has 1 unspecified atom stereocenters. The van der Waals surface area contributed by atoms with Gasteiger partial charge in [0, 0.05) is 0 Å². The summed E-state index contributed by atoms with van der Waals surface area (Å²) in [5.74, 6) is -1.55. The van der Waals surface area contributed by atoms with Crippen LogP contribution in [0.4, 0.5) is 0 Å². The summed E-state index contributed by atoms with van der Waals surface area (Å²) >= 11 is 6.04. The maximum absolute atomic E-state index is 12.1. The SMILES string of the molecule is C=CCCC(NC(=O)c1cc(C)c(C)cc1Cl)C(=O)O. The summed E-state index contributed by atoms with van der Waals surface area (Å²) in [5.41, 5.74) is 2.20. The fourth-order valence-corrected chi connectivity index (χ4v) is 2.04. The van der Waals surface area contributed by atoms with Gasteiger partial charge in [-0.25, -0.2) is 4.79 Å². The number of nitrogens with one attached hydrogen (secondary N) is 1. The van der Waals surface area contributed by atoms with Crippen molar-refractivity contribution in [2.45, 2.75) is 32.7 Å². The molecule has 0 aromatic heterocycles. The lowest BCUT2D eigenvalue weighted by atomic mass is 10.0. The number of carbonyl (C=O) groups is 2. The second kappa shape index (κ2) is 7.10. The average Bonchev–Trinajstić information content (AvgIpc) is 2.38. The van der Waals surface area contributed by atoms with Gasteiger partial charge >= 0.3 is 5.97 Å². The predicted molar refractivity (Wildman–Crippen MR) is 79.2 cm³/mol. The monoisotopic (exact) mass is 295 g/mol. The molecule has 1 aromatic rings. The van der Waals surface area contributed by atoms with Gasteiger partial charge < -0.3 is 10.4 Å². The van der Waals surface area contributed by atoms with Crippen molar-refractivity contribution < 1.29 is 14.7 Å². The molecule has 1 rings (SSSR count). The van der Waals surface area contributed by atoms with Crippen molar-refractivity contribution in [2.24, 2.45) is 0 Å². The minimum atomic E-state index is -1.07. The van der Waals surface area contributed by atoms with Crippen LogP contribution in [0.25, 0.3) is 0 Å². The fourth-order valence-electron chi connectivity index (χ4n) is 1.73. The summed E-state index contributed by atoms with van der Waals surface area (Å²) < 4.78 is 0. The highest BCUT2D eigenvalue weighted by Gasteiger charge is 2.21.